The van der Waals surface area contributed by atoms with Gasteiger partial charge in [-0.2, -0.15) is 5.26 Å². The minimum atomic E-state index is -0.525. The summed E-state index contributed by atoms with van der Waals surface area (Å²) in [5.41, 5.74) is 6.72. The lowest BCUT2D eigenvalue weighted by Crippen LogP contribution is -2.44. The van der Waals surface area contributed by atoms with Crippen molar-refractivity contribution in [3.05, 3.63) is 16.0 Å². The lowest BCUT2D eigenvalue weighted by Gasteiger charge is -2.34. The highest BCUT2D eigenvalue weighted by molar-refractivity contribution is 7.16. The summed E-state index contributed by atoms with van der Waals surface area (Å²) < 4.78 is 5.42. The standard InChI is InChI=1S/C14H19N3O2S/c1-8-5-11-10(9(6-15)12(16)20-11)7-17(8)13(18)19-14(2,3)4/h8H,5,7,16H2,1-4H3. The molecule has 5 nitrogen and oxygen atoms in total. The molecule has 2 rings (SSSR count). The average Bonchev–Trinajstić information content (AvgIpc) is 2.59. The number of thiophene rings is 1. The van der Waals surface area contributed by atoms with Gasteiger partial charge in [0.1, 0.15) is 16.7 Å². The van der Waals surface area contributed by atoms with Gasteiger partial charge < -0.3 is 15.4 Å². The summed E-state index contributed by atoms with van der Waals surface area (Å²) in [5.74, 6) is 0. The zero-order valence-corrected chi connectivity index (χ0v) is 13.0. The Morgan fingerprint density at radius 3 is 2.75 bits per heavy atom. The molecule has 1 amide bonds. The van der Waals surface area contributed by atoms with E-state index in [-0.39, 0.29) is 12.1 Å². The van der Waals surface area contributed by atoms with Crippen molar-refractivity contribution < 1.29 is 9.53 Å². The number of anilines is 1. The Bertz CT molecular complexity index is 580. The van der Waals surface area contributed by atoms with Crippen molar-refractivity contribution in [2.75, 3.05) is 5.73 Å². The summed E-state index contributed by atoms with van der Waals surface area (Å²) in [6.45, 7) is 7.90. The van der Waals surface area contributed by atoms with Crippen LogP contribution in [-0.2, 0) is 17.7 Å². The van der Waals surface area contributed by atoms with Gasteiger partial charge in [0.25, 0.3) is 0 Å². The zero-order valence-electron chi connectivity index (χ0n) is 12.2. The van der Waals surface area contributed by atoms with Crippen LogP contribution in [0.4, 0.5) is 9.80 Å². The fourth-order valence-electron chi connectivity index (χ4n) is 2.26. The summed E-state index contributed by atoms with van der Waals surface area (Å²) in [6.07, 6.45) is 0.370. The molecule has 1 unspecified atom stereocenters. The first-order valence-electron chi connectivity index (χ1n) is 6.52. The number of nitrogen functional groups attached to an aromatic ring is 1. The van der Waals surface area contributed by atoms with Gasteiger partial charge in [-0.25, -0.2) is 4.79 Å². The van der Waals surface area contributed by atoms with Crippen LogP contribution in [0.25, 0.3) is 0 Å². The molecule has 0 saturated heterocycles. The summed E-state index contributed by atoms with van der Waals surface area (Å²) in [7, 11) is 0. The van der Waals surface area contributed by atoms with Crippen LogP contribution in [0.15, 0.2) is 0 Å². The number of amides is 1. The summed E-state index contributed by atoms with van der Waals surface area (Å²) in [4.78, 5) is 15.0. The first kappa shape index (κ1) is 14.7. The van der Waals surface area contributed by atoms with E-state index in [9.17, 15) is 10.1 Å². The van der Waals surface area contributed by atoms with E-state index >= 15 is 0 Å². The maximum absolute atomic E-state index is 12.2. The number of fused-ring (bicyclic) bond motifs is 1. The number of carbonyl (C=O) groups excluding carboxylic acids is 1. The third kappa shape index (κ3) is 2.73. The molecule has 0 aliphatic carbocycles. The fourth-order valence-corrected chi connectivity index (χ4v) is 3.41. The molecule has 0 bridgehead atoms. The van der Waals surface area contributed by atoms with E-state index in [2.05, 4.69) is 6.07 Å². The maximum atomic E-state index is 12.2. The highest BCUT2D eigenvalue weighted by Crippen LogP contribution is 2.36. The van der Waals surface area contributed by atoms with Crippen LogP contribution in [-0.4, -0.2) is 22.6 Å². The number of hydrogen-bond donors (Lipinski definition) is 1. The van der Waals surface area contributed by atoms with Gasteiger partial charge in [0.05, 0.1) is 12.1 Å². The van der Waals surface area contributed by atoms with E-state index in [1.54, 1.807) is 4.90 Å². The van der Waals surface area contributed by atoms with Gasteiger partial charge >= 0.3 is 6.09 Å². The van der Waals surface area contributed by atoms with Crippen LogP contribution in [0.3, 0.4) is 0 Å². The van der Waals surface area contributed by atoms with Crippen LogP contribution in [0.5, 0.6) is 0 Å². The van der Waals surface area contributed by atoms with E-state index in [1.807, 2.05) is 27.7 Å². The van der Waals surface area contributed by atoms with E-state index in [0.717, 1.165) is 10.4 Å². The molecule has 0 fully saturated rings. The largest absolute Gasteiger partial charge is 0.444 e. The van der Waals surface area contributed by atoms with Crippen molar-refractivity contribution in [3.63, 3.8) is 0 Å². The van der Waals surface area contributed by atoms with Crippen LogP contribution < -0.4 is 5.73 Å². The molecular weight excluding hydrogens is 274 g/mol. The molecule has 2 N–H and O–H groups in total. The Kier molecular flexibility index (Phi) is 3.65. The minimum absolute atomic E-state index is 0.0435. The van der Waals surface area contributed by atoms with Crippen molar-refractivity contribution in [1.29, 1.82) is 5.26 Å². The smallest absolute Gasteiger partial charge is 0.410 e. The summed E-state index contributed by atoms with van der Waals surface area (Å²) in [5, 5.41) is 9.72. The molecule has 0 radical (unpaired) electrons. The Labute approximate surface area is 122 Å². The Morgan fingerprint density at radius 2 is 2.20 bits per heavy atom. The van der Waals surface area contributed by atoms with Crippen molar-refractivity contribution in [2.45, 2.75) is 52.3 Å². The van der Waals surface area contributed by atoms with E-state index in [1.165, 1.54) is 11.3 Å². The monoisotopic (exact) mass is 293 g/mol. The van der Waals surface area contributed by atoms with Crippen LogP contribution in [0.1, 0.15) is 43.7 Å². The first-order chi connectivity index (χ1) is 9.23. The van der Waals surface area contributed by atoms with Gasteiger partial charge in [-0.05, 0) is 27.7 Å². The molecule has 2 heterocycles. The second-order valence-electron chi connectivity index (χ2n) is 6.02. The number of rotatable bonds is 0. The fraction of sp³-hybridized carbons (Fsp3) is 0.571. The molecule has 6 heteroatoms. The molecule has 1 atom stereocenters. The quantitative estimate of drug-likeness (QED) is 0.797. The van der Waals surface area contributed by atoms with Gasteiger partial charge in [0.15, 0.2) is 0 Å². The number of ether oxygens (including phenoxy) is 1. The number of nitriles is 1. The molecule has 1 aromatic rings. The Balaban J connectivity index is 2.27. The molecule has 0 spiro atoms. The number of hydrogen-bond acceptors (Lipinski definition) is 5. The Morgan fingerprint density at radius 1 is 1.55 bits per heavy atom. The number of nitrogens with two attached hydrogens (primary N) is 1. The van der Waals surface area contributed by atoms with E-state index in [4.69, 9.17) is 10.5 Å². The second-order valence-corrected chi connectivity index (χ2v) is 7.15. The highest BCUT2D eigenvalue weighted by atomic mass is 32.1. The first-order valence-corrected chi connectivity index (χ1v) is 7.34. The van der Waals surface area contributed by atoms with Gasteiger partial charge in [-0.15, -0.1) is 11.3 Å². The average molecular weight is 293 g/mol. The molecular formula is C14H19N3O2S. The van der Waals surface area contributed by atoms with Crippen molar-refractivity contribution in [2.24, 2.45) is 0 Å². The minimum Gasteiger partial charge on any atom is -0.444 e. The van der Waals surface area contributed by atoms with Crippen molar-refractivity contribution in [3.8, 4) is 6.07 Å². The predicted octanol–water partition coefficient (Wildman–Crippen LogP) is 2.88. The summed E-state index contributed by atoms with van der Waals surface area (Å²) in [6, 6.07) is 2.18. The van der Waals surface area contributed by atoms with E-state index in [0.29, 0.717) is 23.5 Å². The normalized spacial score (nSPS) is 18.4. The topological polar surface area (TPSA) is 79.4 Å². The summed E-state index contributed by atoms with van der Waals surface area (Å²) >= 11 is 1.45. The number of nitrogens with zero attached hydrogens (tertiary/aromatic N) is 2. The molecule has 108 valence electrons. The van der Waals surface area contributed by atoms with E-state index < -0.39 is 5.60 Å². The predicted molar refractivity (Wildman–Crippen MR) is 78.4 cm³/mol. The molecule has 20 heavy (non-hydrogen) atoms. The van der Waals surface area contributed by atoms with Gasteiger partial charge in [-0.1, -0.05) is 0 Å². The third-order valence-corrected chi connectivity index (χ3v) is 4.28. The van der Waals surface area contributed by atoms with Gasteiger partial charge in [-0.3, -0.25) is 0 Å². The van der Waals surface area contributed by atoms with Gasteiger partial charge in [0.2, 0.25) is 0 Å². The van der Waals surface area contributed by atoms with Gasteiger partial charge in [0, 0.05) is 22.9 Å². The lowest BCUT2D eigenvalue weighted by atomic mass is 10.0. The van der Waals surface area contributed by atoms with Crippen LogP contribution in [0, 0.1) is 11.3 Å². The molecule has 0 aromatic carbocycles. The SMILES string of the molecule is CC1Cc2sc(N)c(C#N)c2CN1C(=O)OC(C)(C)C. The van der Waals surface area contributed by atoms with Crippen molar-refractivity contribution in [1.82, 2.24) is 4.90 Å². The molecule has 1 aliphatic heterocycles. The molecule has 1 aliphatic rings. The number of carbonyl (C=O) groups is 1. The maximum Gasteiger partial charge on any atom is 0.410 e. The van der Waals surface area contributed by atoms with Crippen LogP contribution in [0.2, 0.25) is 0 Å². The lowest BCUT2D eigenvalue weighted by molar-refractivity contribution is 0.0140. The molecule has 1 aromatic heterocycles. The second kappa shape index (κ2) is 4.98. The molecule has 0 saturated carbocycles. The van der Waals surface area contributed by atoms with Crippen LogP contribution >= 0.6 is 11.3 Å². The zero-order chi connectivity index (χ0) is 15.1. The third-order valence-electron chi connectivity index (χ3n) is 3.20. The Hall–Kier alpha value is -1.74. The van der Waals surface area contributed by atoms with Crippen molar-refractivity contribution >= 4 is 22.4 Å². The highest BCUT2D eigenvalue weighted by Gasteiger charge is 2.33.